The van der Waals surface area contributed by atoms with Gasteiger partial charge in [0.2, 0.25) is 0 Å². The third-order valence-corrected chi connectivity index (χ3v) is 20.8. The van der Waals surface area contributed by atoms with Crippen molar-refractivity contribution in [2.24, 2.45) is 23.7 Å². The molecule has 588 valence electrons. The van der Waals surface area contributed by atoms with Gasteiger partial charge < -0.3 is 33.8 Å². The smallest absolute Gasteiger partial charge is 0.462 e. The molecule has 0 aliphatic carbocycles. The van der Waals surface area contributed by atoms with Crippen LogP contribution in [0.1, 0.15) is 409 Å². The molecule has 0 heterocycles. The van der Waals surface area contributed by atoms with Crippen LogP contribution in [0.2, 0.25) is 0 Å². The Morgan fingerprint density at radius 1 is 0.283 bits per heavy atom. The lowest BCUT2D eigenvalue weighted by Crippen LogP contribution is -2.30. The first-order chi connectivity index (χ1) is 47.6. The summed E-state index contributed by atoms with van der Waals surface area (Å²) in [4.78, 5) is 73.0. The quantitative estimate of drug-likeness (QED) is 0.0222. The van der Waals surface area contributed by atoms with Gasteiger partial charge in [0, 0.05) is 25.7 Å². The van der Waals surface area contributed by atoms with Gasteiger partial charge in [-0.2, -0.15) is 0 Å². The number of esters is 4. The van der Waals surface area contributed by atoms with E-state index >= 15 is 0 Å². The maximum absolute atomic E-state index is 13.1. The fourth-order valence-corrected chi connectivity index (χ4v) is 13.8. The lowest BCUT2D eigenvalue weighted by molar-refractivity contribution is -0.161. The second kappa shape index (κ2) is 69.1. The zero-order chi connectivity index (χ0) is 73.1. The zero-order valence-corrected chi connectivity index (χ0v) is 66.9. The van der Waals surface area contributed by atoms with Crippen LogP contribution in [-0.4, -0.2) is 96.7 Å². The summed E-state index contributed by atoms with van der Waals surface area (Å²) in [6.45, 7) is 14.3. The lowest BCUT2D eigenvalue weighted by Gasteiger charge is -2.21. The highest BCUT2D eigenvalue weighted by atomic mass is 31.2. The predicted molar refractivity (Wildman–Crippen MR) is 404 cm³/mol. The van der Waals surface area contributed by atoms with Crippen LogP contribution in [0.15, 0.2) is 0 Å². The van der Waals surface area contributed by atoms with Crippen molar-refractivity contribution < 1.29 is 80.2 Å². The van der Waals surface area contributed by atoms with Crippen molar-refractivity contribution in [1.82, 2.24) is 0 Å². The summed E-state index contributed by atoms with van der Waals surface area (Å²) in [6.07, 6.45) is 55.3. The summed E-state index contributed by atoms with van der Waals surface area (Å²) in [5, 5.41) is 10.6. The van der Waals surface area contributed by atoms with E-state index in [2.05, 4.69) is 55.4 Å². The Bertz CT molecular complexity index is 1940. The van der Waals surface area contributed by atoms with Crippen LogP contribution in [0.5, 0.6) is 0 Å². The highest BCUT2D eigenvalue weighted by molar-refractivity contribution is 7.47. The fraction of sp³-hybridized carbons (Fsp3) is 0.950. The molecular weight excluding hydrogens is 1290 g/mol. The van der Waals surface area contributed by atoms with Gasteiger partial charge >= 0.3 is 39.5 Å². The maximum atomic E-state index is 13.1. The summed E-state index contributed by atoms with van der Waals surface area (Å²) in [5.74, 6) is 1.02. The number of carbonyl (C=O) groups is 4. The van der Waals surface area contributed by atoms with Gasteiger partial charge in [-0.3, -0.25) is 37.3 Å². The van der Waals surface area contributed by atoms with Crippen molar-refractivity contribution in [3.63, 3.8) is 0 Å². The number of phosphoric acid groups is 2. The maximum Gasteiger partial charge on any atom is 0.472 e. The average molecular weight is 1450 g/mol. The van der Waals surface area contributed by atoms with Gasteiger partial charge in [0.1, 0.15) is 19.3 Å². The first-order valence-corrected chi connectivity index (χ1v) is 44.2. The molecule has 0 rings (SSSR count). The molecule has 3 unspecified atom stereocenters. The van der Waals surface area contributed by atoms with Crippen LogP contribution in [0.3, 0.4) is 0 Å². The summed E-state index contributed by atoms with van der Waals surface area (Å²) >= 11 is 0. The summed E-state index contributed by atoms with van der Waals surface area (Å²) in [5.41, 5.74) is 0. The number of ether oxygens (including phenoxy) is 4. The van der Waals surface area contributed by atoms with Crippen molar-refractivity contribution in [1.29, 1.82) is 0 Å². The molecule has 0 aliphatic heterocycles. The van der Waals surface area contributed by atoms with E-state index in [1.807, 2.05) is 0 Å². The van der Waals surface area contributed by atoms with Crippen molar-refractivity contribution >= 4 is 39.5 Å². The van der Waals surface area contributed by atoms with E-state index in [0.717, 1.165) is 114 Å². The fourth-order valence-electron chi connectivity index (χ4n) is 12.2. The molecule has 0 spiro atoms. The highest BCUT2D eigenvalue weighted by Crippen LogP contribution is 2.45. The largest absolute Gasteiger partial charge is 0.472 e. The first kappa shape index (κ1) is 97.1. The zero-order valence-electron chi connectivity index (χ0n) is 65.1. The van der Waals surface area contributed by atoms with Gasteiger partial charge in [0.05, 0.1) is 26.4 Å². The number of unbranched alkanes of at least 4 members (excludes halogenated alkanes) is 42. The Morgan fingerprint density at radius 2 is 0.485 bits per heavy atom. The molecule has 0 saturated carbocycles. The van der Waals surface area contributed by atoms with Gasteiger partial charge in [-0.05, 0) is 49.4 Å². The molecule has 99 heavy (non-hydrogen) atoms. The lowest BCUT2D eigenvalue weighted by atomic mass is 9.99. The highest BCUT2D eigenvalue weighted by Gasteiger charge is 2.30. The predicted octanol–water partition coefficient (Wildman–Crippen LogP) is 23.6. The SMILES string of the molecule is CCC(C)CCCCCCCCCCCCC(=O)O[C@H](COC(=O)CCCCCCCCCCCCC(C)C)COP(=O)(O)OC[C@H](O)COP(=O)(O)OC[C@@H](COC(=O)CCCCCCCCCCCCCCC(C)C)OC(=O)CCCCCCCCCCCCCCCCC(C)C. The second-order valence-corrected chi connectivity index (χ2v) is 33.4. The molecular formula is C80H156O17P2. The Hall–Kier alpha value is -1.94. The molecule has 0 aromatic carbocycles. The molecule has 17 nitrogen and oxygen atoms in total. The molecule has 0 aromatic rings. The van der Waals surface area contributed by atoms with Crippen LogP contribution < -0.4 is 0 Å². The van der Waals surface area contributed by atoms with Gasteiger partial charge in [0.15, 0.2) is 12.2 Å². The molecule has 0 fully saturated rings. The second-order valence-electron chi connectivity index (χ2n) is 30.5. The third-order valence-electron chi connectivity index (χ3n) is 18.9. The van der Waals surface area contributed by atoms with Crippen molar-refractivity contribution in [2.75, 3.05) is 39.6 Å². The van der Waals surface area contributed by atoms with Crippen LogP contribution in [0.25, 0.3) is 0 Å². The molecule has 0 aliphatic rings. The topological polar surface area (TPSA) is 237 Å². The normalized spacial score (nSPS) is 14.3. The van der Waals surface area contributed by atoms with E-state index in [1.54, 1.807) is 0 Å². The number of rotatable bonds is 77. The molecule has 19 heteroatoms. The van der Waals surface area contributed by atoms with E-state index in [-0.39, 0.29) is 25.7 Å². The standard InChI is InChI=1S/C80H156O17P2/c1-9-73(8)59-51-43-35-27-21-23-31-39-47-55-63-80(85)97-76(67-91-78(83)61-53-45-37-29-22-20-26-34-42-50-58-72(6)7)69-95-99(88,89)93-65-74(81)64-92-98(86,87)94-68-75(66-90-77(82)60-52-44-36-28-18-15-14-17-25-33-41-49-57-71(4)5)96-79(84)62-54-46-38-30-19-13-11-10-12-16-24-32-40-48-56-70(2)3/h70-76,81H,9-69H2,1-8H3,(H,86,87)(H,88,89)/t73?,74-,75-,76-/m1/s1. The van der Waals surface area contributed by atoms with Crippen LogP contribution >= 0.6 is 15.6 Å². The first-order valence-electron chi connectivity index (χ1n) is 41.2. The average Bonchev–Trinajstić information content (AvgIpc) is 1.17. The summed E-state index contributed by atoms with van der Waals surface area (Å²) in [6, 6.07) is 0. The summed E-state index contributed by atoms with van der Waals surface area (Å²) < 4.78 is 68.7. The molecule has 0 saturated heterocycles. The number of aliphatic hydroxyl groups excluding tert-OH is 1. The van der Waals surface area contributed by atoms with E-state index in [1.165, 1.54) is 212 Å². The minimum absolute atomic E-state index is 0.106. The van der Waals surface area contributed by atoms with E-state index in [0.29, 0.717) is 25.7 Å². The molecule has 0 bridgehead atoms. The Kier molecular flexibility index (Phi) is 67.8. The van der Waals surface area contributed by atoms with Crippen LogP contribution in [0, 0.1) is 23.7 Å². The van der Waals surface area contributed by atoms with Crippen LogP contribution in [0.4, 0.5) is 0 Å². The Morgan fingerprint density at radius 3 is 0.717 bits per heavy atom. The number of hydrogen-bond acceptors (Lipinski definition) is 15. The number of phosphoric ester groups is 2. The molecule has 6 atom stereocenters. The molecule has 0 amide bonds. The number of carbonyl (C=O) groups excluding carboxylic acids is 4. The van der Waals surface area contributed by atoms with Crippen molar-refractivity contribution in [2.45, 2.75) is 427 Å². The number of hydrogen-bond donors (Lipinski definition) is 3. The van der Waals surface area contributed by atoms with Gasteiger partial charge in [-0.15, -0.1) is 0 Å². The minimum atomic E-state index is -4.96. The minimum Gasteiger partial charge on any atom is -0.462 e. The van der Waals surface area contributed by atoms with Gasteiger partial charge in [0.25, 0.3) is 0 Å². The van der Waals surface area contributed by atoms with Gasteiger partial charge in [-0.25, -0.2) is 9.13 Å². The van der Waals surface area contributed by atoms with Gasteiger partial charge in [-0.1, -0.05) is 357 Å². The molecule has 0 radical (unpaired) electrons. The monoisotopic (exact) mass is 1450 g/mol. The van der Waals surface area contributed by atoms with E-state index in [9.17, 15) is 43.2 Å². The Labute approximate surface area is 607 Å². The molecule has 3 N–H and O–H groups in total. The summed E-state index contributed by atoms with van der Waals surface area (Å²) in [7, 11) is -9.92. The van der Waals surface area contributed by atoms with E-state index < -0.39 is 97.5 Å². The third kappa shape index (κ3) is 72.8. The van der Waals surface area contributed by atoms with E-state index in [4.69, 9.17) is 37.0 Å². The molecule has 0 aromatic heterocycles. The number of aliphatic hydroxyl groups is 1. The Balaban J connectivity index is 5.28. The van der Waals surface area contributed by atoms with Crippen LogP contribution in [-0.2, 0) is 65.4 Å². The van der Waals surface area contributed by atoms with Crippen molar-refractivity contribution in [3.05, 3.63) is 0 Å². The van der Waals surface area contributed by atoms with Crippen molar-refractivity contribution in [3.8, 4) is 0 Å².